The van der Waals surface area contributed by atoms with Gasteiger partial charge >= 0.3 is 18.4 Å². The maximum atomic E-state index is 13.4. The number of benzene rings is 1. The van der Waals surface area contributed by atoms with Crippen molar-refractivity contribution in [1.82, 2.24) is 10.2 Å². The van der Waals surface area contributed by atoms with E-state index in [1.807, 2.05) is 0 Å². The fourth-order valence-corrected chi connectivity index (χ4v) is 2.93. The van der Waals surface area contributed by atoms with Gasteiger partial charge in [-0.05, 0) is 31.0 Å². The Labute approximate surface area is 162 Å². The van der Waals surface area contributed by atoms with Gasteiger partial charge in [-0.2, -0.15) is 26.3 Å². The van der Waals surface area contributed by atoms with Crippen LogP contribution in [0.2, 0.25) is 0 Å². The monoisotopic (exact) mass is 426 g/mol. The molecule has 162 valence electrons. The van der Waals surface area contributed by atoms with E-state index in [-0.39, 0.29) is 18.7 Å². The quantitative estimate of drug-likeness (QED) is 0.725. The lowest BCUT2D eigenvalue weighted by atomic mass is 10.1. The van der Waals surface area contributed by atoms with Gasteiger partial charge in [0.2, 0.25) is 5.91 Å². The van der Waals surface area contributed by atoms with E-state index < -0.39 is 48.1 Å². The van der Waals surface area contributed by atoms with E-state index in [2.05, 4.69) is 5.32 Å². The van der Waals surface area contributed by atoms with E-state index in [1.54, 1.807) is 19.4 Å². The predicted molar refractivity (Wildman–Crippen MR) is 93.6 cm³/mol. The first-order valence-electron chi connectivity index (χ1n) is 8.60. The molecule has 2 rings (SSSR count). The maximum absolute atomic E-state index is 13.4. The van der Waals surface area contributed by atoms with Crippen molar-refractivity contribution in [3.63, 3.8) is 0 Å². The predicted octanol–water partition coefficient (Wildman–Crippen LogP) is 3.45. The highest BCUT2D eigenvalue weighted by molar-refractivity contribution is 5.95. The smallest absolute Gasteiger partial charge is 0.378 e. The number of alkyl halides is 6. The normalized spacial score (nSPS) is 17.2. The lowest BCUT2D eigenvalue weighted by Gasteiger charge is -2.25. The summed E-state index contributed by atoms with van der Waals surface area (Å²) in [7, 11) is 3.12. The van der Waals surface area contributed by atoms with E-state index in [0.29, 0.717) is 6.42 Å². The average Bonchev–Trinajstić information content (AvgIpc) is 3.08. The Bertz CT molecular complexity index is 763. The molecule has 0 saturated carbocycles. The molecule has 1 aromatic rings. The van der Waals surface area contributed by atoms with Crippen LogP contribution >= 0.6 is 0 Å². The van der Waals surface area contributed by atoms with Crippen molar-refractivity contribution in [2.24, 2.45) is 0 Å². The molecule has 0 radical (unpaired) electrons. The summed E-state index contributed by atoms with van der Waals surface area (Å²) in [6.07, 6.45) is -8.91. The number of hydrogen-bond donors (Lipinski definition) is 2. The molecule has 29 heavy (non-hydrogen) atoms. The second-order valence-corrected chi connectivity index (χ2v) is 6.74. The Morgan fingerprint density at radius 3 is 2.38 bits per heavy atom. The number of anilines is 2. The Kier molecular flexibility index (Phi) is 6.53. The van der Waals surface area contributed by atoms with Crippen molar-refractivity contribution in [1.29, 1.82) is 0 Å². The van der Waals surface area contributed by atoms with Crippen LogP contribution in [0.4, 0.5) is 42.5 Å². The van der Waals surface area contributed by atoms with Crippen molar-refractivity contribution in [3.05, 3.63) is 23.8 Å². The summed E-state index contributed by atoms with van der Waals surface area (Å²) in [5.74, 6) is -1.01. The summed E-state index contributed by atoms with van der Waals surface area (Å²) in [6.45, 7) is -1.52. The molecular formula is C17H20F6N4O2. The van der Waals surface area contributed by atoms with E-state index >= 15 is 0 Å². The molecule has 3 amide bonds. The number of carbonyl (C=O) groups excluding carboxylic acids is 2. The second-order valence-electron chi connectivity index (χ2n) is 6.74. The first-order chi connectivity index (χ1) is 13.3. The first kappa shape index (κ1) is 22.6. The fourth-order valence-electron chi connectivity index (χ4n) is 2.93. The largest absolute Gasteiger partial charge is 0.418 e. The number of halogens is 6. The minimum atomic E-state index is -4.75. The molecule has 1 unspecified atom stereocenters. The molecule has 1 aromatic carbocycles. The van der Waals surface area contributed by atoms with Gasteiger partial charge in [0.25, 0.3) is 0 Å². The van der Waals surface area contributed by atoms with Gasteiger partial charge in [-0.1, -0.05) is 0 Å². The molecule has 0 aromatic heterocycles. The Morgan fingerprint density at radius 2 is 1.83 bits per heavy atom. The van der Waals surface area contributed by atoms with Crippen molar-refractivity contribution >= 4 is 23.3 Å². The van der Waals surface area contributed by atoms with Gasteiger partial charge in [0.1, 0.15) is 12.6 Å². The fraction of sp³-hybridized carbons (Fsp3) is 0.529. The molecule has 0 bridgehead atoms. The standard InChI is InChI=1S/C17H20F6N4O2/c1-26(2)10-5-6-12(11(8-10)17(21,22)23)25-15(29)27-7-3-4-13(27)14(28)24-9-16(18,19)20/h5-6,8,13H,3-4,7,9H2,1-2H3,(H,24,28)(H,25,29). The molecule has 2 N–H and O–H groups in total. The minimum absolute atomic E-state index is 0.0348. The van der Waals surface area contributed by atoms with Crippen LogP contribution in [0.25, 0.3) is 0 Å². The zero-order valence-corrected chi connectivity index (χ0v) is 15.6. The van der Waals surface area contributed by atoms with Gasteiger partial charge in [0.15, 0.2) is 0 Å². The Balaban J connectivity index is 2.17. The van der Waals surface area contributed by atoms with E-state index in [9.17, 15) is 35.9 Å². The Morgan fingerprint density at radius 1 is 1.17 bits per heavy atom. The van der Waals surface area contributed by atoms with E-state index in [1.165, 1.54) is 11.0 Å². The van der Waals surface area contributed by atoms with Crippen LogP contribution in [0.3, 0.4) is 0 Å². The van der Waals surface area contributed by atoms with Crippen LogP contribution in [0.5, 0.6) is 0 Å². The van der Waals surface area contributed by atoms with Crippen LogP contribution in [-0.4, -0.2) is 56.2 Å². The zero-order chi connectivity index (χ0) is 22.0. The van der Waals surface area contributed by atoms with Crippen molar-refractivity contribution in [3.8, 4) is 0 Å². The van der Waals surface area contributed by atoms with Crippen LogP contribution in [-0.2, 0) is 11.0 Å². The summed E-state index contributed by atoms with van der Waals surface area (Å²) < 4.78 is 77.0. The Hall–Kier alpha value is -2.66. The summed E-state index contributed by atoms with van der Waals surface area (Å²) in [5, 5.41) is 3.83. The van der Waals surface area contributed by atoms with Crippen LogP contribution < -0.4 is 15.5 Å². The third kappa shape index (κ3) is 5.91. The van der Waals surface area contributed by atoms with Crippen LogP contribution in [0.1, 0.15) is 18.4 Å². The summed E-state index contributed by atoms with van der Waals surface area (Å²) in [5.41, 5.74) is -1.32. The molecule has 1 fully saturated rings. The topological polar surface area (TPSA) is 64.7 Å². The molecule has 0 spiro atoms. The lowest BCUT2D eigenvalue weighted by Crippen LogP contribution is -2.49. The molecule has 1 aliphatic heterocycles. The lowest BCUT2D eigenvalue weighted by molar-refractivity contribution is -0.140. The van der Waals surface area contributed by atoms with Gasteiger partial charge < -0.3 is 20.4 Å². The zero-order valence-electron chi connectivity index (χ0n) is 15.6. The van der Waals surface area contributed by atoms with Crippen LogP contribution in [0.15, 0.2) is 18.2 Å². The minimum Gasteiger partial charge on any atom is -0.378 e. The van der Waals surface area contributed by atoms with Gasteiger partial charge in [0, 0.05) is 26.3 Å². The first-order valence-corrected chi connectivity index (χ1v) is 8.60. The summed E-state index contributed by atoms with van der Waals surface area (Å²) in [6, 6.07) is 1.16. The number of urea groups is 1. The second kappa shape index (κ2) is 8.37. The van der Waals surface area contributed by atoms with Crippen molar-refractivity contribution in [2.75, 3.05) is 37.4 Å². The molecule has 6 nitrogen and oxygen atoms in total. The average molecular weight is 426 g/mol. The third-order valence-corrected chi connectivity index (χ3v) is 4.35. The van der Waals surface area contributed by atoms with Crippen LogP contribution in [0, 0.1) is 0 Å². The number of carbonyl (C=O) groups is 2. The van der Waals surface area contributed by atoms with Gasteiger partial charge in [0.05, 0.1) is 11.3 Å². The number of rotatable bonds is 4. The highest BCUT2D eigenvalue weighted by Gasteiger charge is 2.38. The third-order valence-electron chi connectivity index (χ3n) is 4.35. The molecule has 12 heteroatoms. The highest BCUT2D eigenvalue weighted by atomic mass is 19.4. The number of nitrogens with one attached hydrogen (secondary N) is 2. The molecule has 1 saturated heterocycles. The molecule has 0 aliphatic carbocycles. The maximum Gasteiger partial charge on any atom is 0.418 e. The number of nitrogens with zero attached hydrogens (tertiary/aromatic N) is 2. The summed E-state index contributed by atoms with van der Waals surface area (Å²) in [4.78, 5) is 26.8. The molecule has 1 atom stereocenters. The molecular weight excluding hydrogens is 406 g/mol. The number of likely N-dealkylation sites (tertiary alicyclic amines) is 1. The molecule has 1 aliphatic rings. The van der Waals surface area contributed by atoms with Gasteiger partial charge in [-0.3, -0.25) is 4.79 Å². The SMILES string of the molecule is CN(C)c1ccc(NC(=O)N2CCCC2C(=O)NCC(F)(F)F)c(C(F)(F)F)c1. The highest BCUT2D eigenvalue weighted by Crippen LogP contribution is 2.37. The van der Waals surface area contributed by atoms with Crippen molar-refractivity contribution < 1.29 is 35.9 Å². The molecule has 1 heterocycles. The number of hydrogen-bond acceptors (Lipinski definition) is 3. The van der Waals surface area contributed by atoms with Gasteiger partial charge in [-0.25, -0.2) is 4.79 Å². The van der Waals surface area contributed by atoms with E-state index in [4.69, 9.17) is 0 Å². The van der Waals surface area contributed by atoms with E-state index in [0.717, 1.165) is 17.0 Å². The number of amides is 3. The summed E-state index contributed by atoms with van der Waals surface area (Å²) >= 11 is 0. The van der Waals surface area contributed by atoms with Gasteiger partial charge in [-0.15, -0.1) is 0 Å². The van der Waals surface area contributed by atoms with Crippen molar-refractivity contribution in [2.45, 2.75) is 31.2 Å².